The molecule has 0 saturated carbocycles. The molecular formula is C25H20FNO3. The van der Waals surface area contributed by atoms with Gasteiger partial charge in [-0.15, -0.1) is 0 Å². The van der Waals surface area contributed by atoms with Gasteiger partial charge in [-0.1, -0.05) is 60.4 Å². The zero-order chi connectivity index (χ0) is 20.9. The molecule has 0 spiro atoms. The minimum atomic E-state index is -0.554. The number of ether oxygens (including phenoxy) is 1. The van der Waals surface area contributed by atoms with Crippen molar-refractivity contribution >= 4 is 6.09 Å². The Hall–Kier alpha value is -3.62. The highest BCUT2D eigenvalue weighted by atomic mass is 19.1. The van der Waals surface area contributed by atoms with Crippen molar-refractivity contribution in [3.05, 3.63) is 94.8 Å². The molecule has 4 rings (SSSR count). The van der Waals surface area contributed by atoms with Crippen LogP contribution in [-0.2, 0) is 11.3 Å². The normalized spacial score (nSPS) is 11.8. The second kappa shape index (κ2) is 8.81. The van der Waals surface area contributed by atoms with Gasteiger partial charge in [-0.25, -0.2) is 9.18 Å². The maximum atomic E-state index is 13.4. The van der Waals surface area contributed by atoms with Crippen molar-refractivity contribution in [2.24, 2.45) is 0 Å². The lowest BCUT2D eigenvalue weighted by Gasteiger charge is -2.14. The van der Waals surface area contributed by atoms with E-state index in [1.165, 1.54) is 23.3 Å². The zero-order valence-corrected chi connectivity index (χ0v) is 16.2. The number of halogens is 1. The third kappa shape index (κ3) is 4.19. The van der Waals surface area contributed by atoms with Crippen molar-refractivity contribution in [3.8, 4) is 23.0 Å². The predicted octanol–water partition coefficient (Wildman–Crippen LogP) is 4.21. The Morgan fingerprint density at radius 2 is 1.70 bits per heavy atom. The van der Waals surface area contributed by atoms with Crippen LogP contribution in [0.1, 0.15) is 28.2 Å². The van der Waals surface area contributed by atoms with Gasteiger partial charge in [0, 0.05) is 11.5 Å². The van der Waals surface area contributed by atoms with Crippen LogP contribution in [0.15, 0.2) is 66.7 Å². The Kier molecular flexibility index (Phi) is 5.78. The molecule has 0 heterocycles. The molecule has 1 amide bonds. The van der Waals surface area contributed by atoms with Crippen molar-refractivity contribution in [2.45, 2.75) is 12.5 Å². The molecule has 0 aromatic heterocycles. The maximum Gasteiger partial charge on any atom is 0.407 e. The van der Waals surface area contributed by atoms with Crippen LogP contribution in [0.3, 0.4) is 0 Å². The third-order valence-electron chi connectivity index (χ3n) is 5.04. The molecule has 5 heteroatoms. The average molecular weight is 401 g/mol. The van der Waals surface area contributed by atoms with Gasteiger partial charge < -0.3 is 15.2 Å². The van der Waals surface area contributed by atoms with Gasteiger partial charge in [0.15, 0.2) is 0 Å². The van der Waals surface area contributed by atoms with Gasteiger partial charge in [0.2, 0.25) is 0 Å². The van der Waals surface area contributed by atoms with Crippen LogP contribution >= 0.6 is 0 Å². The topological polar surface area (TPSA) is 58.6 Å². The van der Waals surface area contributed by atoms with Gasteiger partial charge in [-0.05, 0) is 46.0 Å². The summed E-state index contributed by atoms with van der Waals surface area (Å²) in [5.41, 5.74) is 5.53. The van der Waals surface area contributed by atoms with E-state index >= 15 is 0 Å². The van der Waals surface area contributed by atoms with E-state index in [0.717, 1.165) is 11.1 Å². The predicted molar refractivity (Wildman–Crippen MR) is 112 cm³/mol. The highest BCUT2D eigenvalue weighted by molar-refractivity contribution is 5.79. The van der Waals surface area contributed by atoms with Crippen molar-refractivity contribution in [2.75, 3.05) is 13.2 Å². The van der Waals surface area contributed by atoms with E-state index in [-0.39, 0.29) is 25.7 Å². The summed E-state index contributed by atoms with van der Waals surface area (Å²) in [5, 5.41) is 11.7. The number of hydrogen-bond donors (Lipinski definition) is 2. The summed E-state index contributed by atoms with van der Waals surface area (Å²) in [7, 11) is 0. The van der Waals surface area contributed by atoms with Gasteiger partial charge in [0.1, 0.15) is 12.4 Å². The summed E-state index contributed by atoms with van der Waals surface area (Å²) in [5.74, 6) is 5.06. The molecule has 30 heavy (non-hydrogen) atoms. The maximum absolute atomic E-state index is 13.4. The van der Waals surface area contributed by atoms with Crippen molar-refractivity contribution in [3.63, 3.8) is 0 Å². The van der Waals surface area contributed by atoms with Crippen LogP contribution in [-0.4, -0.2) is 24.4 Å². The summed E-state index contributed by atoms with van der Waals surface area (Å²) >= 11 is 0. The lowest BCUT2D eigenvalue weighted by atomic mass is 9.98. The van der Waals surface area contributed by atoms with Gasteiger partial charge >= 0.3 is 6.09 Å². The monoisotopic (exact) mass is 401 g/mol. The molecule has 0 unspecified atom stereocenters. The number of aliphatic hydroxyl groups excluding tert-OH is 1. The smallest absolute Gasteiger partial charge is 0.407 e. The molecule has 0 aliphatic heterocycles. The first-order valence-electron chi connectivity index (χ1n) is 9.64. The second-order valence-corrected chi connectivity index (χ2v) is 6.99. The van der Waals surface area contributed by atoms with Crippen molar-refractivity contribution in [1.29, 1.82) is 0 Å². The Morgan fingerprint density at radius 3 is 2.37 bits per heavy atom. The van der Waals surface area contributed by atoms with Gasteiger partial charge in [-0.2, -0.15) is 0 Å². The van der Waals surface area contributed by atoms with Crippen LogP contribution in [0.5, 0.6) is 0 Å². The number of aliphatic hydroxyl groups is 1. The molecule has 2 N–H and O–H groups in total. The fraction of sp³-hybridized carbons (Fsp3) is 0.160. The number of hydrogen-bond acceptors (Lipinski definition) is 3. The minimum absolute atomic E-state index is 0.00145. The van der Waals surface area contributed by atoms with Gasteiger partial charge in [0.05, 0.1) is 13.2 Å². The average Bonchev–Trinajstić information content (AvgIpc) is 3.09. The van der Waals surface area contributed by atoms with E-state index in [4.69, 9.17) is 9.84 Å². The summed E-state index contributed by atoms with van der Waals surface area (Å²) in [6.45, 7) is 0.0448. The van der Waals surface area contributed by atoms with Crippen LogP contribution < -0.4 is 5.32 Å². The molecule has 0 fully saturated rings. The first-order valence-corrected chi connectivity index (χ1v) is 9.64. The van der Waals surface area contributed by atoms with E-state index in [0.29, 0.717) is 11.1 Å². The molecule has 3 aromatic carbocycles. The van der Waals surface area contributed by atoms with Crippen molar-refractivity contribution < 1.29 is 19.0 Å². The Balaban J connectivity index is 1.35. The summed E-state index contributed by atoms with van der Waals surface area (Å²) in [4.78, 5) is 12.1. The highest BCUT2D eigenvalue weighted by Crippen LogP contribution is 2.44. The quantitative estimate of drug-likeness (QED) is 0.644. The van der Waals surface area contributed by atoms with E-state index < -0.39 is 11.9 Å². The number of alkyl carbamates (subject to hydrolysis) is 1. The SMILES string of the molecule is O=C(NCC#Cc1cc(F)cc(CO)c1)OCC1c2ccccc2-c2ccccc21. The van der Waals surface area contributed by atoms with E-state index in [1.807, 2.05) is 24.3 Å². The first-order chi connectivity index (χ1) is 14.7. The number of benzene rings is 3. The molecule has 0 saturated heterocycles. The van der Waals surface area contributed by atoms with E-state index in [2.05, 4.69) is 41.4 Å². The number of rotatable bonds is 4. The summed E-state index contributed by atoms with van der Waals surface area (Å²) in [6.07, 6.45) is -0.554. The lowest BCUT2D eigenvalue weighted by molar-refractivity contribution is 0.144. The summed E-state index contributed by atoms with van der Waals surface area (Å²) in [6, 6.07) is 20.4. The highest BCUT2D eigenvalue weighted by Gasteiger charge is 2.28. The van der Waals surface area contributed by atoms with Gasteiger partial charge in [-0.3, -0.25) is 0 Å². The molecular weight excluding hydrogens is 381 g/mol. The van der Waals surface area contributed by atoms with Crippen LogP contribution in [0, 0.1) is 17.7 Å². The van der Waals surface area contributed by atoms with Crippen LogP contribution in [0.2, 0.25) is 0 Å². The minimum Gasteiger partial charge on any atom is -0.449 e. The molecule has 3 aromatic rings. The Bertz CT molecular complexity index is 1100. The fourth-order valence-electron chi connectivity index (χ4n) is 3.73. The molecule has 1 aliphatic carbocycles. The first kappa shape index (κ1) is 19.7. The third-order valence-corrected chi connectivity index (χ3v) is 5.04. The molecule has 150 valence electrons. The lowest BCUT2D eigenvalue weighted by Crippen LogP contribution is -2.26. The van der Waals surface area contributed by atoms with Gasteiger partial charge in [0.25, 0.3) is 0 Å². The second-order valence-electron chi connectivity index (χ2n) is 6.99. The number of carbonyl (C=O) groups excluding carboxylic acids is 1. The molecule has 4 nitrogen and oxygen atoms in total. The molecule has 0 radical (unpaired) electrons. The van der Waals surface area contributed by atoms with Crippen LogP contribution in [0.25, 0.3) is 11.1 Å². The Morgan fingerprint density at radius 1 is 1.03 bits per heavy atom. The number of carbonyl (C=O) groups is 1. The fourth-order valence-corrected chi connectivity index (χ4v) is 3.73. The molecule has 1 aliphatic rings. The van der Waals surface area contributed by atoms with E-state index in [9.17, 15) is 9.18 Å². The van der Waals surface area contributed by atoms with Crippen LogP contribution in [0.4, 0.5) is 9.18 Å². The summed E-state index contributed by atoms with van der Waals surface area (Å²) < 4.78 is 18.9. The molecule has 0 bridgehead atoms. The number of nitrogens with one attached hydrogen (secondary N) is 1. The number of fused-ring (bicyclic) bond motifs is 3. The van der Waals surface area contributed by atoms with E-state index in [1.54, 1.807) is 6.07 Å². The molecule has 0 atom stereocenters. The largest absolute Gasteiger partial charge is 0.449 e. The number of amides is 1. The zero-order valence-electron chi connectivity index (χ0n) is 16.2. The van der Waals surface area contributed by atoms with Crippen molar-refractivity contribution in [1.82, 2.24) is 5.32 Å². The standard InChI is InChI=1S/C25H20FNO3/c26-19-13-17(12-18(14-19)15-28)6-5-11-27-25(29)30-16-24-22-9-3-1-7-20(22)21-8-2-4-10-23(21)24/h1-4,7-10,12-14,24,28H,11,15-16H2,(H,27,29). The Labute approximate surface area is 174 Å².